The average molecular weight is 252 g/mol. The van der Waals surface area contributed by atoms with Gasteiger partial charge in [0.1, 0.15) is 5.82 Å². The van der Waals surface area contributed by atoms with E-state index in [0.717, 1.165) is 0 Å². The number of benzene rings is 1. The molecule has 1 aromatic rings. The van der Waals surface area contributed by atoms with Crippen LogP contribution in [0.4, 0.5) is 4.39 Å². The van der Waals surface area contributed by atoms with Crippen molar-refractivity contribution in [1.82, 2.24) is 0 Å². The minimum Gasteiger partial charge on any atom is -0.466 e. The lowest BCUT2D eigenvalue weighted by Gasteiger charge is -2.32. The van der Waals surface area contributed by atoms with Crippen LogP contribution < -0.4 is 0 Å². The molecule has 1 atom stereocenters. The molecule has 0 aliphatic carbocycles. The standard InChI is InChI=1S/C13H13FO4/c1-7-4-5-9(14)8-6-13(2,12(16)17-3)18-11(15)10(7)8/h4-5H,6H2,1-3H3. The fourth-order valence-electron chi connectivity index (χ4n) is 2.16. The number of rotatable bonds is 1. The molecule has 18 heavy (non-hydrogen) atoms. The van der Waals surface area contributed by atoms with Crippen LogP contribution in [-0.4, -0.2) is 24.6 Å². The molecule has 1 heterocycles. The monoisotopic (exact) mass is 252 g/mol. The highest BCUT2D eigenvalue weighted by atomic mass is 19.1. The highest BCUT2D eigenvalue weighted by Crippen LogP contribution is 2.32. The van der Waals surface area contributed by atoms with Crippen molar-refractivity contribution in [1.29, 1.82) is 0 Å². The van der Waals surface area contributed by atoms with E-state index in [1.807, 2.05) is 0 Å². The third-order valence-corrected chi connectivity index (χ3v) is 3.12. The van der Waals surface area contributed by atoms with E-state index >= 15 is 0 Å². The van der Waals surface area contributed by atoms with Gasteiger partial charge in [0, 0.05) is 12.0 Å². The van der Waals surface area contributed by atoms with E-state index in [9.17, 15) is 14.0 Å². The summed E-state index contributed by atoms with van der Waals surface area (Å²) < 4.78 is 23.5. The molecule has 0 saturated carbocycles. The molecule has 0 spiro atoms. The Morgan fingerprint density at radius 2 is 2.17 bits per heavy atom. The first kappa shape index (κ1) is 12.5. The first-order chi connectivity index (χ1) is 8.39. The Kier molecular flexibility index (Phi) is 2.84. The Bertz CT molecular complexity index is 538. The maximum atomic E-state index is 13.8. The Labute approximate surface area is 104 Å². The van der Waals surface area contributed by atoms with E-state index in [1.54, 1.807) is 6.92 Å². The van der Waals surface area contributed by atoms with Crippen LogP contribution >= 0.6 is 0 Å². The number of fused-ring (bicyclic) bond motifs is 1. The summed E-state index contributed by atoms with van der Waals surface area (Å²) in [6.07, 6.45) is -0.0196. The normalized spacial score (nSPS) is 22.1. The number of ether oxygens (including phenoxy) is 2. The van der Waals surface area contributed by atoms with Crippen LogP contribution in [0.1, 0.15) is 28.4 Å². The van der Waals surface area contributed by atoms with Gasteiger partial charge in [-0.25, -0.2) is 14.0 Å². The van der Waals surface area contributed by atoms with E-state index in [-0.39, 0.29) is 17.5 Å². The van der Waals surface area contributed by atoms with Gasteiger partial charge in [0.15, 0.2) is 0 Å². The van der Waals surface area contributed by atoms with Crippen molar-refractivity contribution < 1.29 is 23.5 Å². The van der Waals surface area contributed by atoms with Crippen LogP contribution in [0.2, 0.25) is 0 Å². The van der Waals surface area contributed by atoms with Crippen LogP contribution in [0.15, 0.2) is 12.1 Å². The van der Waals surface area contributed by atoms with Crippen LogP contribution in [-0.2, 0) is 20.7 Å². The highest BCUT2D eigenvalue weighted by Gasteiger charge is 2.45. The van der Waals surface area contributed by atoms with Gasteiger partial charge in [-0.15, -0.1) is 0 Å². The zero-order valence-electron chi connectivity index (χ0n) is 10.4. The molecule has 5 heteroatoms. The van der Waals surface area contributed by atoms with Crippen molar-refractivity contribution in [3.05, 3.63) is 34.6 Å². The summed E-state index contributed by atoms with van der Waals surface area (Å²) in [5.74, 6) is -1.90. The molecule has 0 amide bonds. The van der Waals surface area contributed by atoms with Crippen molar-refractivity contribution in [2.24, 2.45) is 0 Å². The number of methoxy groups -OCH3 is 1. The first-order valence-corrected chi connectivity index (χ1v) is 5.49. The smallest absolute Gasteiger partial charge is 0.350 e. The molecule has 0 saturated heterocycles. The molecular formula is C13H13FO4. The van der Waals surface area contributed by atoms with Gasteiger partial charge in [-0.05, 0) is 25.5 Å². The van der Waals surface area contributed by atoms with Gasteiger partial charge < -0.3 is 9.47 Å². The number of esters is 2. The number of halogens is 1. The number of aryl methyl sites for hydroxylation is 1. The third kappa shape index (κ3) is 1.75. The van der Waals surface area contributed by atoms with Gasteiger partial charge in [-0.1, -0.05) is 6.07 Å². The van der Waals surface area contributed by atoms with Gasteiger partial charge in [-0.2, -0.15) is 0 Å². The molecule has 1 aliphatic heterocycles. The van der Waals surface area contributed by atoms with Gasteiger partial charge >= 0.3 is 11.9 Å². The van der Waals surface area contributed by atoms with Crippen LogP contribution in [0.5, 0.6) is 0 Å². The molecule has 4 nitrogen and oxygen atoms in total. The quantitative estimate of drug-likeness (QED) is 0.715. The van der Waals surface area contributed by atoms with E-state index in [4.69, 9.17) is 4.74 Å². The van der Waals surface area contributed by atoms with E-state index < -0.39 is 23.4 Å². The van der Waals surface area contributed by atoms with Crippen LogP contribution in [0.25, 0.3) is 0 Å². The summed E-state index contributed by atoms with van der Waals surface area (Å²) in [4.78, 5) is 23.5. The first-order valence-electron chi connectivity index (χ1n) is 5.49. The molecular weight excluding hydrogens is 239 g/mol. The Morgan fingerprint density at radius 1 is 1.50 bits per heavy atom. The molecule has 1 unspecified atom stereocenters. The summed E-state index contributed by atoms with van der Waals surface area (Å²) in [5.41, 5.74) is -0.424. The molecule has 0 aromatic heterocycles. The van der Waals surface area contributed by atoms with Crippen LogP contribution in [0.3, 0.4) is 0 Å². The Morgan fingerprint density at radius 3 is 2.78 bits per heavy atom. The fourth-order valence-corrected chi connectivity index (χ4v) is 2.16. The maximum absolute atomic E-state index is 13.8. The second-order valence-electron chi connectivity index (χ2n) is 4.51. The molecule has 0 N–H and O–H groups in total. The number of hydrogen-bond acceptors (Lipinski definition) is 4. The van der Waals surface area contributed by atoms with E-state index in [0.29, 0.717) is 5.56 Å². The lowest BCUT2D eigenvalue weighted by molar-refractivity contribution is -0.161. The maximum Gasteiger partial charge on any atom is 0.350 e. The summed E-state index contributed by atoms with van der Waals surface area (Å²) in [5, 5.41) is 0. The number of hydrogen-bond donors (Lipinski definition) is 0. The van der Waals surface area contributed by atoms with Crippen molar-refractivity contribution >= 4 is 11.9 Å². The molecule has 1 aromatic carbocycles. The summed E-state index contributed by atoms with van der Waals surface area (Å²) in [6.45, 7) is 3.11. The third-order valence-electron chi connectivity index (χ3n) is 3.12. The zero-order chi connectivity index (χ0) is 13.5. The van der Waals surface area contributed by atoms with Gasteiger partial charge in [0.05, 0.1) is 12.7 Å². The lowest BCUT2D eigenvalue weighted by atomic mass is 9.87. The average Bonchev–Trinajstić information content (AvgIpc) is 2.32. The largest absolute Gasteiger partial charge is 0.466 e. The molecule has 1 aliphatic rings. The van der Waals surface area contributed by atoms with Crippen LogP contribution in [0, 0.1) is 12.7 Å². The molecule has 2 rings (SSSR count). The summed E-state index contributed by atoms with van der Waals surface area (Å²) in [6, 6.07) is 2.79. The van der Waals surface area contributed by atoms with Crippen molar-refractivity contribution in [3.63, 3.8) is 0 Å². The minimum atomic E-state index is -1.46. The second-order valence-corrected chi connectivity index (χ2v) is 4.51. The predicted octanol–water partition coefficient (Wildman–Crippen LogP) is 1.78. The van der Waals surface area contributed by atoms with Crippen molar-refractivity contribution in [2.45, 2.75) is 25.9 Å². The summed E-state index contributed by atoms with van der Waals surface area (Å²) in [7, 11) is 1.20. The lowest BCUT2D eigenvalue weighted by Crippen LogP contribution is -2.47. The number of carbonyl (C=O) groups excluding carboxylic acids is 2. The fraction of sp³-hybridized carbons (Fsp3) is 0.385. The molecule has 96 valence electrons. The SMILES string of the molecule is COC(=O)C1(C)Cc2c(F)ccc(C)c2C(=O)O1. The van der Waals surface area contributed by atoms with Gasteiger partial charge in [0.25, 0.3) is 0 Å². The number of cyclic esters (lactones) is 1. The van der Waals surface area contributed by atoms with Gasteiger partial charge in [0.2, 0.25) is 5.60 Å². The van der Waals surface area contributed by atoms with Crippen molar-refractivity contribution in [3.8, 4) is 0 Å². The van der Waals surface area contributed by atoms with E-state index in [2.05, 4.69) is 4.74 Å². The molecule has 0 fully saturated rings. The minimum absolute atomic E-state index is 0.0196. The Hall–Kier alpha value is -1.91. The summed E-state index contributed by atoms with van der Waals surface area (Å²) >= 11 is 0. The Balaban J connectivity index is 2.55. The van der Waals surface area contributed by atoms with E-state index in [1.165, 1.54) is 26.2 Å². The zero-order valence-corrected chi connectivity index (χ0v) is 10.4. The second kappa shape index (κ2) is 4.08. The topological polar surface area (TPSA) is 52.6 Å². The predicted molar refractivity (Wildman–Crippen MR) is 60.7 cm³/mol. The highest BCUT2D eigenvalue weighted by molar-refractivity contribution is 5.97. The molecule has 0 bridgehead atoms. The molecule has 0 radical (unpaired) electrons. The van der Waals surface area contributed by atoms with Gasteiger partial charge in [-0.3, -0.25) is 0 Å². The number of carbonyl (C=O) groups is 2. The van der Waals surface area contributed by atoms with Crippen molar-refractivity contribution in [2.75, 3.05) is 7.11 Å².